The molecule has 0 atom stereocenters. The van der Waals surface area contributed by atoms with Gasteiger partial charge in [0.05, 0.1) is 0 Å². The van der Waals surface area contributed by atoms with Crippen molar-refractivity contribution in [3.05, 3.63) is 60.7 Å². The van der Waals surface area contributed by atoms with Gasteiger partial charge in [-0.3, -0.25) is 0 Å². The second-order valence-electron chi connectivity index (χ2n) is 2.86. The van der Waals surface area contributed by atoms with Crippen LogP contribution >= 0.6 is 24.0 Å². The molecule has 2 heteroatoms. The van der Waals surface area contributed by atoms with Crippen molar-refractivity contribution < 1.29 is 0 Å². The van der Waals surface area contributed by atoms with E-state index >= 15 is 0 Å². The first-order valence-electron chi connectivity index (χ1n) is 4.32. The molecule has 0 amide bonds. The molecule has 0 aliphatic carbocycles. The zero-order chi connectivity index (χ0) is 8.93. The zero-order valence-electron chi connectivity index (χ0n) is 7.68. The molecular formula is C12H11ISi. The Morgan fingerprint density at radius 2 is 0.929 bits per heavy atom. The molecule has 0 saturated carbocycles. The van der Waals surface area contributed by atoms with Gasteiger partial charge in [0.15, 0.2) is 0 Å². The summed E-state index contributed by atoms with van der Waals surface area (Å²) in [5.41, 5.74) is 0. The highest BCUT2D eigenvalue weighted by molar-refractivity contribution is 14.0. The minimum Gasteiger partial charge on any atom is -0.107 e. The third kappa shape index (κ3) is 3.27. The summed E-state index contributed by atoms with van der Waals surface area (Å²) < 4.78 is 0. The van der Waals surface area contributed by atoms with Crippen molar-refractivity contribution in [1.29, 1.82) is 0 Å². The first kappa shape index (κ1) is 11.5. The van der Waals surface area contributed by atoms with Crippen LogP contribution in [-0.4, -0.2) is 9.52 Å². The Hall–Kier alpha value is -0.613. The molecule has 0 N–H and O–H groups in total. The minimum absolute atomic E-state index is 0. The van der Waals surface area contributed by atoms with Crippen molar-refractivity contribution in [2.24, 2.45) is 0 Å². The zero-order valence-corrected chi connectivity index (χ0v) is 11.0. The van der Waals surface area contributed by atoms with Crippen molar-refractivity contribution in [3.63, 3.8) is 0 Å². The summed E-state index contributed by atoms with van der Waals surface area (Å²) >= 11 is 0. The lowest BCUT2D eigenvalue weighted by Gasteiger charge is -1.98. The van der Waals surface area contributed by atoms with Gasteiger partial charge in [-0.1, -0.05) is 71.0 Å². The van der Waals surface area contributed by atoms with Crippen LogP contribution in [0.2, 0.25) is 0 Å². The van der Waals surface area contributed by atoms with Gasteiger partial charge in [-0.2, -0.15) is 0 Å². The Balaban J connectivity index is 0.000000980. The molecule has 0 aliphatic heterocycles. The molecule has 0 fully saturated rings. The lowest BCUT2D eigenvalue weighted by molar-refractivity contribution is 1.75. The Labute approximate surface area is 104 Å². The van der Waals surface area contributed by atoms with Gasteiger partial charge in [0, 0.05) is 0 Å². The highest BCUT2D eigenvalue weighted by atomic mass is 127. The van der Waals surface area contributed by atoms with E-state index in [9.17, 15) is 0 Å². The molecule has 0 nitrogen and oxygen atoms in total. The van der Waals surface area contributed by atoms with Gasteiger partial charge in [0.1, 0.15) is 9.52 Å². The van der Waals surface area contributed by atoms with Gasteiger partial charge >= 0.3 is 0 Å². The van der Waals surface area contributed by atoms with Crippen LogP contribution in [0.4, 0.5) is 0 Å². The van der Waals surface area contributed by atoms with Gasteiger partial charge in [0.25, 0.3) is 0 Å². The van der Waals surface area contributed by atoms with Crippen LogP contribution in [0.25, 0.3) is 0 Å². The minimum atomic E-state index is 0. The van der Waals surface area contributed by atoms with E-state index in [1.54, 1.807) is 0 Å². The summed E-state index contributed by atoms with van der Waals surface area (Å²) in [4.78, 5) is 0. The van der Waals surface area contributed by atoms with Gasteiger partial charge < -0.3 is 0 Å². The normalized spacial score (nSPS) is 9.14. The van der Waals surface area contributed by atoms with E-state index in [4.69, 9.17) is 0 Å². The number of hydrogen-bond donors (Lipinski definition) is 0. The first-order valence-corrected chi connectivity index (χ1v) is 5.32. The summed E-state index contributed by atoms with van der Waals surface area (Å²) in [6.07, 6.45) is 0. The molecule has 0 aliphatic rings. The molecule has 0 heterocycles. The molecule has 2 rings (SSSR count). The number of hydrogen-bond acceptors (Lipinski definition) is 0. The fourth-order valence-corrected chi connectivity index (χ4v) is 2.26. The Kier molecular flexibility index (Phi) is 4.90. The van der Waals surface area contributed by atoms with Gasteiger partial charge in [0.2, 0.25) is 0 Å². The molecule has 14 heavy (non-hydrogen) atoms. The largest absolute Gasteiger partial charge is 0.121 e. The van der Waals surface area contributed by atoms with E-state index in [1.165, 1.54) is 10.4 Å². The highest BCUT2D eigenvalue weighted by Gasteiger charge is 1.94. The summed E-state index contributed by atoms with van der Waals surface area (Å²) in [7, 11) is 0.777. The van der Waals surface area contributed by atoms with Crippen molar-refractivity contribution in [3.8, 4) is 0 Å². The topological polar surface area (TPSA) is 0 Å². The van der Waals surface area contributed by atoms with E-state index in [0.717, 1.165) is 9.52 Å². The van der Waals surface area contributed by atoms with Crippen molar-refractivity contribution in [2.45, 2.75) is 0 Å². The third-order valence-electron chi connectivity index (χ3n) is 1.84. The van der Waals surface area contributed by atoms with Crippen LogP contribution in [0.3, 0.4) is 0 Å². The molecule has 0 unspecified atom stereocenters. The molecule has 0 spiro atoms. The highest BCUT2D eigenvalue weighted by Crippen LogP contribution is 1.84. The second-order valence-corrected chi connectivity index (χ2v) is 4.26. The van der Waals surface area contributed by atoms with E-state index in [-0.39, 0.29) is 24.0 Å². The second kappa shape index (κ2) is 5.98. The molecule has 0 bridgehead atoms. The summed E-state index contributed by atoms with van der Waals surface area (Å²) in [5, 5.41) is 2.79. The maximum absolute atomic E-state index is 2.17. The van der Waals surface area contributed by atoms with Crippen LogP contribution in [-0.2, 0) is 0 Å². The van der Waals surface area contributed by atoms with Crippen LogP contribution in [0.5, 0.6) is 0 Å². The van der Waals surface area contributed by atoms with Gasteiger partial charge in [-0.15, -0.1) is 24.0 Å². The fraction of sp³-hybridized carbons (Fsp3) is 0. The molecular weight excluding hydrogens is 299 g/mol. The predicted molar refractivity (Wildman–Crippen MR) is 73.3 cm³/mol. The average molecular weight is 310 g/mol. The Morgan fingerprint density at radius 3 is 1.29 bits per heavy atom. The molecule has 2 aromatic carbocycles. The Morgan fingerprint density at radius 1 is 0.571 bits per heavy atom. The molecule has 0 aromatic heterocycles. The molecule has 70 valence electrons. The standard InChI is InChI=1S/C12H10Si.HI/c1-3-7-11(8-4-1)13-12-9-5-2-6-10-12;/h1-10H;1H. The van der Waals surface area contributed by atoms with Crippen LogP contribution in [0, 0.1) is 0 Å². The predicted octanol–water partition coefficient (Wildman–Crippen LogP) is 1.96. The lowest BCUT2D eigenvalue weighted by atomic mass is 10.4. The quantitative estimate of drug-likeness (QED) is 0.588. The molecule has 0 saturated heterocycles. The monoisotopic (exact) mass is 310 g/mol. The lowest BCUT2D eigenvalue weighted by Crippen LogP contribution is -2.26. The maximum atomic E-state index is 2.17. The van der Waals surface area contributed by atoms with Crippen LogP contribution < -0.4 is 10.4 Å². The maximum Gasteiger partial charge on any atom is 0.121 e. The summed E-state index contributed by atoms with van der Waals surface area (Å²) in [6, 6.07) is 21.2. The molecule has 2 radical (unpaired) electrons. The number of benzene rings is 2. The van der Waals surface area contributed by atoms with E-state index in [2.05, 4.69) is 60.7 Å². The van der Waals surface area contributed by atoms with Crippen molar-refractivity contribution in [1.82, 2.24) is 0 Å². The van der Waals surface area contributed by atoms with Crippen molar-refractivity contribution >= 4 is 43.9 Å². The van der Waals surface area contributed by atoms with E-state index < -0.39 is 0 Å². The summed E-state index contributed by atoms with van der Waals surface area (Å²) in [6.45, 7) is 0. The molecule has 2 aromatic rings. The summed E-state index contributed by atoms with van der Waals surface area (Å²) in [5.74, 6) is 0. The number of halogens is 1. The average Bonchev–Trinajstić information content (AvgIpc) is 2.21. The third-order valence-corrected chi connectivity index (χ3v) is 3.08. The van der Waals surface area contributed by atoms with Crippen LogP contribution in [0.15, 0.2) is 60.7 Å². The van der Waals surface area contributed by atoms with E-state index in [0.29, 0.717) is 0 Å². The first-order chi connectivity index (χ1) is 6.45. The fourth-order valence-electron chi connectivity index (χ4n) is 1.21. The van der Waals surface area contributed by atoms with Gasteiger partial charge in [-0.25, -0.2) is 0 Å². The van der Waals surface area contributed by atoms with E-state index in [1.807, 2.05) is 0 Å². The van der Waals surface area contributed by atoms with Crippen LogP contribution in [0.1, 0.15) is 0 Å². The smallest absolute Gasteiger partial charge is 0.107 e. The Bertz CT molecular complexity index is 321. The van der Waals surface area contributed by atoms with Gasteiger partial charge in [-0.05, 0) is 0 Å². The number of rotatable bonds is 2. The SMILES string of the molecule is I.c1ccc([Si]c2ccccc2)cc1. The van der Waals surface area contributed by atoms with Crippen molar-refractivity contribution in [2.75, 3.05) is 0 Å².